The highest BCUT2D eigenvalue weighted by atomic mass is 35.5. The van der Waals surface area contributed by atoms with E-state index in [4.69, 9.17) is 11.6 Å². The van der Waals surface area contributed by atoms with Crippen molar-refractivity contribution in [3.05, 3.63) is 65.8 Å². The van der Waals surface area contributed by atoms with E-state index >= 15 is 0 Å². The summed E-state index contributed by atoms with van der Waals surface area (Å²) in [6.45, 7) is 6.93. The number of halogens is 1. The third-order valence-corrected chi connectivity index (χ3v) is 7.24. The molecule has 188 valence electrons. The molecule has 0 saturated carbocycles. The van der Waals surface area contributed by atoms with E-state index in [9.17, 15) is 9.90 Å². The predicted octanol–water partition coefficient (Wildman–Crippen LogP) is 3.89. The van der Waals surface area contributed by atoms with E-state index in [-0.39, 0.29) is 23.9 Å². The highest BCUT2D eigenvalue weighted by molar-refractivity contribution is 6.30. The second-order valence-corrected chi connectivity index (χ2v) is 9.89. The number of nitrogens with zero attached hydrogens (tertiary/aromatic N) is 6. The standard InChI is InChI=1S/C26H30ClN7O2/c1-4-23(18-5-7-22(27)8-6-18)31-26(36)21-11-32(12-21)25-24-9-19(13-34(24)30-15-28-25)20-10-29-33(14-20)16(2)17(3)35/h5-10,13-17,21,23,35H,4,11-12H2,1-3H3,(H,31,36)/t16-,17+,23+/m1/s1. The molecule has 0 radical (unpaired) electrons. The molecule has 2 N–H and O–H groups in total. The molecule has 0 bridgehead atoms. The van der Waals surface area contributed by atoms with Gasteiger partial charge < -0.3 is 15.3 Å². The Balaban J connectivity index is 1.28. The Labute approximate surface area is 214 Å². The SMILES string of the molecule is CC[C@H](NC(=O)C1CN(c2ncnn3cc(-c4cnn([C@H](C)[C@H](C)O)c4)cc23)C1)c1ccc(Cl)cc1. The number of rotatable bonds is 8. The summed E-state index contributed by atoms with van der Waals surface area (Å²) < 4.78 is 3.56. The van der Waals surface area contributed by atoms with Gasteiger partial charge in [0.1, 0.15) is 11.8 Å². The fourth-order valence-electron chi connectivity index (χ4n) is 4.47. The van der Waals surface area contributed by atoms with Crippen LogP contribution in [0.5, 0.6) is 0 Å². The molecule has 1 fully saturated rings. The Morgan fingerprint density at radius 1 is 1.17 bits per heavy atom. The summed E-state index contributed by atoms with van der Waals surface area (Å²) in [5.41, 5.74) is 3.82. The highest BCUT2D eigenvalue weighted by Crippen LogP contribution is 2.31. The average Bonchev–Trinajstić information content (AvgIpc) is 3.49. The van der Waals surface area contributed by atoms with Crippen LogP contribution in [0.4, 0.5) is 5.82 Å². The van der Waals surface area contributed by atoms with Crippen molar-refractivity contribution in [1.82, 2.24) is 29.7 Å². The number of carbonyl (C=O) groups is 1. The molecule has 36 heavy (non-hydrogen) atoms. The molecular formula is C26H30ClN7O2. The fraction of sp³-hybridized carbons (Fsp3) is 0.385. The van der Waals surface area contributed by atoms with Crippen molar-refractivity contribution in [2.24, 2.45) is 5.92 Å². The molecule has 1 amide bonds. The smallest absolute Gasteiger partial charge is 0.227 e. The van der Waals surface area contributed by atoms with Crippen LogP contribution in [-0.2, 0) is 4.79 Å². The zero-order valence-corrected chi connectivity index (χ0v) is 21.3. The quantitative estimate of drug-likeness (QED) is 0.375. The zero-order valence-electron chi connectivity index (χ0n) is 20.5. The lowest BCUT2D eigenvalue weighted by Crippen LogP contribution is -2.54. The normalized spacial score (nSPS) is 16.5. The van der Waals surface area contributed by atoms with Crippen LogP contribution in [0.15, 0.2) is 55.2 Å². The second-order valence-electron chi connectivity index (χ2n) is 9.46. The van der Waals surface area contributed by atoms with Gasteiger partial charge in [0.15, 0.2) is 5.82 Å². The van der Waals surface area contributed by atoms with Crippen LogP contribution in [0.25, 0.3) is 16.6 Å². The van der Waals surface area contributed by atoms with Gasteiger partial charge in [0.05, 0.1) is 30.3 Å². The summed E-state index contributed by atoms with van der Waals surface area (Å²) in [5.74, 6) is 0.750. The maximum Gasteiger partial charge on any atom is 0.227 e. The van der Waals surface area contributed by atoms with Crippen LogP contribution in [-0.4, -0.2) is 54.6 Å². The summed E-state index contributed by atoms with van der Waals surface area (Å²) in [7, 11) is 0. The lowest BCUT2D eigenvalue weighted by Gasteiger charge is -2.39. The zero-order chi connectivity index (χ0) is 25.4. The second kappa shape index (κ2) is 9.91. The van der Waals surface area contributed by atoms with Gasteiger partial charge in [-0.2, -0.15) is 10.2 Å². The van der Waals surface area contributed by atoms with E-state index < -0.39 is 6.10 Å². The van der Waals surface area contributed by atoms with E-state index in [1.807, 2.05) is 49.6 Å². The van der Waals surface area contributed by atoms with Crippen molar-refractivity contribution in [2.75, 3.05) is 18.0 Å². The topological polar surface area (TPSA) is 101 Å². The Morgan fingerprint density at radius 3 is 2.61 bits per heavy atom. The first kappa shape index (κ1) is 24.3. The van der Waals surface area contributed by atoms with E-state index in [2.05, 4.69) is 32.3 Å². The van der Waals surface area contributed by atoms with E-state index in [1.165, 1.54) is 6.33 Å². The molecule has 0 spiro atoms. The molecule has 3 atom stereocenters. The van der Waals surface area contributed by atoms with Crippen molar-refractivity contribution in [3.63, 3.8) is 0 Å². The van der Waals surface area contributed by atoms with Gasteiger partial charge in [-0.1, -0.05) is 30.7 Å². The molecule has 3 aromatic heterocycles. The van der Waals surface area contributed by atoms with Crippen molar-refractivity contribution in [2.45, 2.75) is 45.4 Å². The largest absolute Gasteiger partial charge is 0.391 e. The van der Waals surface area contributed by atoms with Crippen LogP contribution >= 0.6 is 11.6 Å². The maximum atomic E-state index is 12.9. The number of carbonyl (C=O) groups excluding carboxylic acids is 1. The number of nitrogens with one attached hydrogen (secondary N) is 1. The van der Waals surface area contributed by atoms with Crippen molar-refractivity contribution in [1.29, 1.82) is 0 Å². The molecule has 1 aliphatic rings. The molecule has 5 rings (SSSR count). The Bertz CT molecular complexity index is 1360. The number of amides is 1. The Hall–Kier alpha value is -3.43. The number of aromatic nitrogens is 5. The lowest BCUT2D eigenvalue weighted by atomic mass is 9.97. The predicted molar refractivity (Wildman–Crippen MR) is 139 cm³/mol. The molecule has 9 nitrogen and oxygen atoms in total. The lowest BCUT2D eigenvalue weighted by molar-refractivity contribution is -0.126. The molecule has 1 saturated heterocycles. The van der Waals surface area contributed by atoms with Gasteiger partial charge in [-0.25, -0.2) is 9.50 Å². The van der Waals surface area contributed by atoms with Gasteiger partial charge in [-0.15, -0.1) is 0 Å². The number of fused-ring (bicyclic) bond motifs is 1. The first-order valence-corrected chi connectivity index (χ1v) is 12.6. The third kappa shape index (κ3) is 4.68. The minimum Gasteiger partial charge on any atom is -0.391 e. The van der Waals surface area contributed by atoms with Gasteiger partial charge in [0.2, 0.25) is 5.91 Å². The van der Waals surface area contributed by atoms with Crippen molar-refractivity contribution >= 4 is 28.8 Å². The monoisotopic (exact) mass is 507 g/mol. The summed E-state index contributed by atoms with van der Waals surface area (Å²) in [5, 5.41) is 22.5. The van der Waals surface area contributed by atoms with Gasteiger partial charge in [0.25, 0.3) is 0 Å². The minimum absolute atomic E-state index is 0.0415. The minimum atomic E-state index is -0.501. The Kier molecular flexibility index (Phi) is 6.68. The van der Waals surface area contributed by atoms with Crippen LogP contribution in [0.2, 0.25) is 5.02 Å². The number of aliphatic hydroxyl groups is 1. The van der Waals surface area contributed by atoms with E-state index in [0.717, 1.165) is 34.4 Å². The number of anilines is 1. The Morgan fingerprint density at radius 2 is 1.92 bits per heavy atom. The van der Waals surface area contributed by atoms with Crippen molar-refractivity contribution < 1.29 is 9.90 Å². The maximum absolute atomic E-state index is 12.9. The van der Waals surface area contributed by atoms with Gasteiger partial charge >= 0.3 is 0 Å². The average molecular weight is 508 g/mol. The van der Waals surface area contributed by atoms with Gasteiger partial charge in [-0.05, 0) is 44.0 Å². The van der Waals surface area contributed by atoms with Gasteiger partial charge in [-0.3, -0.25) is 9.48 Å². The molecule has 4 heterocycles. The fourth-order valence-corrected chi connectivity index (χ4v) is 4.60. The van der Waals surface area contributed by atoms with Crippen LogP contribution in [0.3, 0.4) is 0 Å². The number of benzene rings is 1. The molecule has 1 aliphatic heterocycles. The van der Waals surface area contributed by atoms with E-state index in [0.29, 0.717) is 18.1 Å². The van der Waals surface area contributed by atoms with E-state index in [1.54, 1.807) is 22.3 Å². The first-order valence-electron chi connectivity index (χ1n) is 12.2. The summed E-state index contributed by atoms with van der Waals surface area (Å²) >= 11 is 6.01. The van der Waals surface area contributed by atoms with Crippen LogP contribution < -0.4 is 10.2 Å². The summed E-state index contributed by atoms with van der Waals surface area (Å²) in [6.07, 6.45) is 7.49. The number of hydrogen-bond acceptors (Lipinski definition) is 6. The van der Waals surface area contributed by atoms with Crippen LogP contribution in [0, 0.1) is 5.92 Å². The van der Waals surface area contributed by atoms with Gasteiger partial charge in [0, 0.05) is 41.6 Å². The molecular weight excluding hydrogens is 478 g/mol. The molecule has 1 aromatic carbocycles. The summed E-state index contributed by atoms with van der Waals surface area (Å²) in [4.78, 5) is 19.6. The molecule has 10 heteroatoms. The summed E-state index contributed by atoms with van der Waals surface area (Å²) in [6, 6.07) is 9.48. The number of hydrogen-bond donors (Lipinski definition) is 2. The van der Waals surface area contributed by atoms with Crippen LogP contribution in [0.1, 0.15) is 44.8 Å². The molecule has 0 unspecified atom stereocenters. The third-order valence-electron chi connectivity index (χ3n) is 6.98. The number of aliphatic hydroxyl groups excluding tert-OH is 1. The van der Waals surface area contributed by atoms with Crippen molar-refractivity contribution in [3.8, 4) is 11.1 Å². The molecule has 4 aromatic rings. The highest BCUT2D eigenvalue weighted by Gasteiger charge is 2.35. The first-order chi connectivity index (χ1) is 17.3. The molecule has 0 aliphatic carbocycles.